The van der Waals surface area contributed by atoms with Gasteiger partial charge in [-0.1, -0.05) is 12.1 Å². The van der Waals surface area contributed by atoms with Crippen LogP contribution in [0.1, 0.15) is 5.56 Å². The second-order valence-electron chi connectivity index (χ2n) is 2.92. The number of rotatable bonds is 2. The summed E-state index contributed by atoms with van der Waals surface area (Å²) in [5.41, 5.74) is 0.771. The number of imide groups is 1. The number of carbonyl (C=O) groups excluding carboxylic acids is 2. The minimum atomic E-state index is -0.379. The molecule has 2 rings (SSSR count). The third-order valence-corrected chi connectivity index (χ3v) is 2.63. The number of aromatic hydroxyl groups is 1. The maximum Gasteiger partial charge on any atom is 0.293 e. The standard InChI is InChI=1S/C10H7NO3S/c12-7-3-1-6(2-4-7)5-8-9(13)11-10(14)15-8/h1-5,12H,(H,11,13,14)/i/hT. The van der Waals surface area contributed by atoms with Crippen molar-refractivity contribution in [2.75, 3.05) is 0 Å². The molecule has 2 amide bonds. The van der Waals surface area contributed by atoms with Crippen molar-refractivity contribution in [3.05, 3.63) is 34.7 Å². The Kier molecular flexibility index (Phi) is 2.16. The second-order valence-corrected chi connectivity index (χ2v) is 3.94. The number of phenols is 1. The minimum absolute atomic E-state index is 0.359. The first-order valence-electron chi connectivity index (χ1n) is 4.58. The van der Waals surface area contributed by atoms with Gasteiger partial charge in [0.1, 0.15) is 5.75 Å². The summed E-state index contributed by atoms with van der Waals surface area (Å²) in [5, 5.41) is 6.08. The average molecular weight is 223 g/mol. The van der Waals surface area contributed by atoms with Gasteiger partial charge in [0.25, 0.3) is 12.6 Å². The van der Waals surface area contributed by atoms with Gasteiger partial charge in [0, 0.05) is 0 Å². The molecule has 0 atom stereocenters. The van der Waals surface area contributed by atoms with Gasteiger partial charge in [-0.25, -0.2) is 0 Å². The van der Waals surface area contributed by atoms with Crippen LogP contribution in [0.5, 0.6) is 5.75 Å². The lowest BCUT2D eigenvalue weighted by atomic mass is 10.2. The molecule has 15 heavy (non-hydrogen) atoms. The van der Waals surface area contributed by atoms with Gasteiger partial charge >= 0.3 is 0 Å². The van der Waals surface area contributed by atoms with Gasteiger partial charge < -0.3 is 5.11 Å². The van der Waals surface area contributed by atoms with Crippen molar-refractivity contribution in [3.8, 4) is 5.75 Å². The monoisotopic (exact) mass is 223 g/mol. The van der Waals surface area contributed by atoms with Gasteiger partial charge in [0.15, 0.2) is 0 Å². The quantitative estimate of drug-likeness (QED) is 0.749. The first-order chi connectivity index (χ1) is 7.69. The van der Waals surface area contributed by atoms with E-state index in [9.17, 15) is 9.59 Å². The van der Waals surface area contributed by atoms with Crippen LogP contribution in [0.3, 0.4) is 0 Å². The number of thioether (sulfide) groups is 1. The highest BCUT2D eigenvalue weighted by Crippen LogP contribution is 2.25. The van der Waals surface area contributed by atoms with Crippen molar-refractivity contribution >= 4 is 29.0 Å². The van der Waals surface area contributed by atoms with Crippen LogP contribution in [-0.4, -0.2) is 17.7 Å². The Labute approximate surface area is 91.5 Å². The number of carbonyl (C=O) groups is 2. The van der Waals surface area contributed by atoms with Gasteiger partial charge in [-0.15, -0.1) is 0 Å². The molecule has 1 fully saturated rings. The normalized spacial score (nSPS) is 18.9. The van der Waals surface area contributed by atoms with E-state index < -0.39 is 0 Å². The lowest BCUT2D eigenvalue weighted by Crippen LogP contribution is -2.17. The van der Waals surface area contributed by atoms with Crippen LogP contribution in [0.25, 0.3) is 6.08 Å². The molecule has 1 heterocycles. The van der Waals surface area contributed by atoms with Crippen molar-refractivity contribution in [2.45, 2.75) is 0 Å². The van der Waals surface area contributed by atoms with Crippen LogP contribution < -0.4 is 5.32 Å². The van der Waals surface area contributed by atoms with Crippen molar-refractivity contribution in [1.29, 1.82) is 1.43 Å². The molecule has 0 bridgehead atoms. The van der Waals surface area contributed by atoms with Gasteiger partial charge in [0.05, 0.1) is 4.91 Å². The zero-order valence-corrected chi connectivity index (χ0v) is 8.34. The molecule has 0 unspecified atom stereocenters. The summed E-state index contributed by atoms with van der Waals surface area (Å²) in [7, 11) is 0. The molecule has 2 N–H and O–H groups in total. The van der Waals surface area contributed by atoms with Crippen LogP contribution in [0, 0.1) is 0 Å². The maximum atomic E-state index is 11.2. The van der Waals surface area contributed by atoms with Crippen molar-refractivity contribution < 1.29 is 14.7 Å². The Morgan fingerprint density at radius 3 is 2.60 bits per heavy atom. The predicted molar refractivity (Wildman–Crippen MR) is 57.2 cm³/mol. The number of hydrogen-bond donors (Lipinski definition) is 2. The zero-order valence-electron chi connectivity index (χ0n) is 8.52. The Morgan fingerprint density at radius 2 is 2.07 bits per heavy atom. The van der Waals surface area contributed by atoms with Crippen molar-refractivity contribution in [1.82, 2.24) is 5.32 Å². The summed E-state index contributed by atoms with van der Waals surface area (Å²) in [6.45, 7) is 0. The Bertz CT molecular complexity index is 469. The van der Waals surface area contributed by atoms with Crippen LogP contribution in [-0.2, 0) is 4.79 Å². The molecule has 1 saturated heterocycles. The first-order valence-corrected chi connectivity index (χ1v) is 4.99. The largest absolute Gasteiger partial charge is 0.508 e. The van der Waals surface area contributed by atoms with Gasteiger partial charge in [-0.3, -0.25) is 14.9 Å². The molecule has 1 aliphatic heterocycles. The van der Waals surface area contributed by atoms with Crippen LogP contribution >= 0.6 is 11.8 Å². The summed E-state index contributed by atoms with van der Waals surface area (Å²) >= 11 is 0.872. The fourth-order valence-electron chi connectivity index (χ4n) is 1.14. The summed E-state index contributed by atoms with van der Waals surface area (Å²) in [4.78, 5) is 22.5. The zero-order chi connectivity index (χ0) is 11.5. The number of amides is 2. The molecule has 0 saturated carbocycles. The smallest absolute Gasteiger partial charge is 0.293 e. The minimum Gasteiger partial charge on any atom is -0.508 e. The Balaban J connectivity index is 2.22. The first kappa shape index (κ1) is 8.55. The predicted octanol–water partition coefficient (Wildman–Crippen LogP) is 1.72. The molecule has 0 radical (unpaired) electrons. The number of benzene rings is 1. The fourth-order valence-corrected chi connectivity index (χ4v) is 1.82. The van der Waals surface area contributed by atoms with E-state index >= 15 is 0 Å². The van der Waals surface area contributed by atoms with Crippen LogP contribution in [0.4, 0.5) is 4.79 Å². The van der Waals surface area contributed by atoms with E-state index in [2.05, 4.69) is 10.4 Å². The van der Waals surface area contributed by atoms with E-state index in [1.165, 1.54) is 0 Å². The van der Waals surface area contributed by atoms with E-state index in [4.69, 9.17) is 1.43 Å². The number of hydrogen-bond acceptors (Lipinski definition) is 4. The van der Waals surface area contributed by atoms with Gasteiger partial charge in [-0.05, 0) is 35.5 Å². The summed E-state index contributed by atoms with van der Waals surface area (Å²) in [6.07, 6.45) is 1.61. The van der Waals surface area contributed by atoms with Gasteiger partial charge in [0.2, 0.25) is 0 Å². The number of phenolic OH excluding ortho intramolecular Hbond substituents is 1. The topological polar surface area (TPSA) is 66.4 Å². The highest BCUT2D eigenvalue weighted by Gasteiger charge is 2.24. The average Bonchev–Trinajstić information content (AvgIpc) is 2.59. The van der Waals surface area contributed by atoms with Crippen molar-refractivity contribution in [2.24, 2.45) is 0 Å². The molecule has 76 valence electrons. The second kappa shape index (κ2) is 3.78. The summed E-state index contributed by atoms with van der Waals surface area (Å²) in [6, 6.07) is 6.62. The molecule has 1 aromatic carbocycles. The van der Waals surface area contributed by atoms with E-state index in [0.717, 1.165) is 17.3 Å². The lowest BCUT2D eigenvalue weighted by molar-refractivity contribution is -0.115. The molecule has 0 spiro atoms. The molecular formula is C10H7NO3S. The van der Waals surface area contributed by atoms with E-state index in [1.54, 1.807) is 30.3 Å². The number of nitrogens with one attached hydrogen (secondary N) is 1. The highest BCUT2D eigenvalue weighted by molar-refractivity contribution is 8.18. The maximum absolute atomic E-state index is 11.2. The van der Waals surface area contributed by atoms with Crippen molar-refractivity contribution in [3.63, 3.8) is 0 Å². The van der Waals surface area contributed by atoms with Gasteiger partial charge in [-0.2, -0.15) is 0 Å². The molecule has 0 aliphatic carbocycles. The molecule has 1 aliphatic rings. The van der Waals surface area contributed by atoms with E-state index in [-0.39, 0.29) is 11.1 Å². The van der Waals surface area contributed by atoms with E-state index in [1.807, 2.05) is 0 Å². The Hall–Kier alpha value is -1.75. The lowest BCUT2D eigenvalue weighted by Gasteiger charge is -1.95. The summed E-state index contributed by atoms with van der Waals surface area (Å²) < 4.78 is 6.67. The molecule has 0 aromatic heterocycles. The third kappa shape index (κ3) is 2.19. The third-order valence-electron chi connectivity index (χ3n) is 1.82. The molecule has 1 aromatic rings. The van der Waals surface area contributed by atoms with E-state index in [0.29, 0.717) is 10.7 Å². The van der Waals surface area contributed by atoms with Crippen LogP contribution in [0.2, 0.25) is 0 Å². The van der Waals surface area contributed by atoms with Crippen LogP contribution in [0.15, 0.2) is 29.2 Å². The summed E-state index contributed by atoms with van der Waals surface area (Å²) in [5.74, 6) is 0.0394. The highest BCUT2D eigenvalue weighted by atomic mass is 32.2. The SMILES string of the molecule is [3H]Oc1ccc(C=C2SC(=O)NC2=O)cc1. The molecular weight excluding hydrogens is 214 g/mol. The Morgan fingerprint density at radius 1 is 1.33 bits per heavy atom. The fraction of sp³-hybridized carbons (Fsp3) is 0. The molecule has 5 heteroatoms. The molecule has 4 nitrogen and oxygen atoms in total.